The molecule has 1 aliphatic heterocycles. The summed E-state index contributed by atoms with van der Waals surface area (Å²) in [7, 11) is -6.41. The number of sulfonamides is 1. The molecule has 0 aliphatic carbocycles. The van der Waals surface area contributed by atoms with E-state index in [4.69, 9.17) is 4.43 Å². The zero-order chi connectivity index (χ0) is 37.3. The molecule has 0 radical (unpaired) electrons. The molecular formula is C34H41F3N6O6SSi. The number of piperidine rings is 1. The van der Waals surface area contributed by atoms with Crippen molar-refractivity contribution in [3.05, 3.63) is 82.3 Å². The Hall–Kier alpha value is -4.48. The van der Waals surface area contributed by atoms with Crippen LogP contribution < -0.4 is 15.6 Å². The summed E-state index contributed by atoms with van der Waals surface area (Å²) in [4.78, 5) is 35.5. The predicted molar refractivity (Wildman–Crippen MR) is 192 cm³/mol. The van der Waals surface area contributed by atoms with Crippen LogP contribution in [0.1, 0.15) is 32.8 Å². The van der Waals surface area contributed by atoms with Crippen molar-refractivity contribution in [1.29, 1.82) is 0 Å². The molecule has 5 rings (SSSR count). The number of alkyl halides is 1. The monoisotopic (exact) mass is 746 g/mol. The normalized spacial score (nSPS) is 17.1. The largest absolute Gasteiger partial charge is 0.465 e. The van der Waals surface area contributed by atoms with Gasteiger partial charge in [0.25, 0.3) is 5.56 Å². The number of rotatable bonds is 11. The fourth-order valence-electron chi connectivity index (χ4n) is 5.52. The minimum absolute atomic E-state index is 0.0180. The van der Waals surface area contributed by atoms with Crippen molar-refractivity contribution < 1.29 is 35.9 Å². The fourth-order valence-corrected chi connectivity index (χ4v) is 7.77. The van der Waals surface area contributed by atoms with Crippen LogP contribution in [0.5, 0.6) is 0 Å². The van der Waals surface area contributed by atoms with Crippen LogP contribution in [-0.2, 0) is 26.7 Å². The second-order valence-electron chi connectivity index (χ2n) is 14.1. The summed E-state index contributed by atoms with van der Waals surface area (Å²) in [6.45, 7) is 10.4. The fraction of sp³-hybridized carbons (Fsp3) is 0.412. The Morgan fingerprint density at radius 1 is 1.10 bits per heavy atom. The van der Waals surface area contributed by atoms with E-state index in [9.17, 15) is 31.9 Å². The van der Waals surface area contributed by atoms with Crippen LogP contribution in [0.25, 0.3) is 22.2 Å². The van der Waals surface area contributed by atoms with Gasteiger partial charge < -0.3 is 19.7 Å². The van der Waals surface area contributed by atoms with Crippen molar-refractivity contribution in [2.75, 3.05) is 29.7 Å². The number of hydrogen-bond acceptors (Lipinski definition) is 8. The Kier molecular flexibility index (Phi) is 10.8. The van der Waals surface area contributed by atoms with Crippen LogP contribution in [0.4, 0.5) is 29.6 Å². The molecule has 1 saturated heterocycles. The van der Waals surface area contributed by atoms with E-state index in [0.29, 0.717) is 5.39 Å². The first-order valence-corrected chi connectivity index (χ1v) is 20.9. The number of benzene rings is 2. The van der Waals surface area contributed by atoms with Crippen LogP contribution in [0.3, 0.4) is 0 Å². The summed E-state index contributed by atoms with van der Waals surface area (Å²) in [6.07, 6.45) is -1.13. The van der Waals surface area contributed by atoms with Gasteiger partial charge in [0.1, 0.15) is 23.5 Å². The standard InChI is InChI=1S/C34H41F3N6O6SSi/c1-34(2,3)51(4,5)49-13-12-43-30-23(17-38-32(40-30)39-25-16-24(35)18-42(19-25)33(45)46)14-26(31(43)44)21-10-11-29(28(37)15-21)41-50(47,48)20-22-8-6-7-9-27(22)36/h6-11,14-15,17,24-25,41H,12-13,16,18-20H2,1-5H3,(H,45,46)(H,38,39,40)/t24-,25-/m0/s1. The molecule has 2 aromatic carbocycles. The summed E-state index contributed by atoms with van der Waals surface area (Å²) >= 11 is 0. The Labute approximate surface area is 294 Å². The van der Waals surface area contributed by atoms with E-state index in [-0.39, 0.29) is 71.7 Å². The van der Waals surface area contributed by atoms with E-state index < -0.39 is 59.6 Å². The molecule has 0 bridgehead atoms. The molecule has 274 valence electrons. The van der Waals surface area contributed by atoms with Gasteiger partial charge in [0.15, 0.2) is 8.32 Å². The maximum Gasteiger partial charge on any atom is 0.407 e. The van der Waals surface area contributed by atoms with Gasteiger partial charge in [-0.25, -0.2) is 31.4 Å². The van der Waals surface area contributed by atoms with Crippen LogP contribution in [0, 0.1) is 11.6 Å². The lowest BCUT2D eigenvalue weighted by Gasteiger charge is -2.36. The zero-order valence-electron chi connectivity index (χ0n) is 28.9. The summed E-state index contributed by atoms with van der Waals surface area (Å²) in [6, 6.07) is 9.86. The number of aromatic nitrogens is 3. The molecule has 0 spiro atoms. The minimum Gasteiger partial charge on any atom is -0.465 e. The number of hydrogen-bond donors (Lipinski definition) is 3. The topological polar surface area (TPSA) is 156 Å². The Balaban J connectivity index is 1.48. The summed E-state index contributed by atoms with van der Waals surface area (Å²) in [5.41, 5.74) is -0.522. The second kappa shape index (κ2) is 14.6. The minimum atomic E-state index is -4.19. The SMILES string of the molecule is CC(C)(C)[Si](C)(C)OCCn1c(=O)c(-c2ccc(NS(=O)(=O)Cc3ccccc3F)c(F)c2)cc2cnc(N[C@H]3C[C@H](F)CN(C(=O)O)C3)nc21. The third-order valence-electron chi connectivity index (χ3n) is 9.26. The number of nitrogens with zero attached hydrogens (tertiary/aromatic N) is 4. The van der Waals surface area contributed by atoms with Gasteiger partial charge in [-0.2, -0.15) is 4.98 Å². The molecule has 2 aromatic heterocycles. The van der Waals surface area contributed by atoms with Gasteiger partial charge in [-0.15, -0.1) is 0 Å². The number of fused-ring (bicyclic) bond motifs is 1. The maximum absolute atomic E-state index is 15.4. The van der Waals surface area contributed by atoms with Crippen LogP contribution in [0.15, 0.2) is 59.5 Å². The highest BCUT2D eigenvalue weighted by Gasteiger charge is 2.37. The van der Waals surface area contributed by atoms with Crippen LogP contribution >= 0.6 is 0 Å². The molecule has 3 N–H and O–H groups in total. The number of carbonyl (C=O) groups is 1. The third kappa shape index (κ3) is 8.88. The summed E-state index contributed by atoms with van der Waals surface area (Å²) in [5, 5.41) is 12.7. The highest BCUT2D eigenvalue weighted by molar-refractivity contribution is 7.91. The predicted octanol–water partition coefficient (Wildman–Crippen LogP) is 6.20. The van der Waals surface area contributed by atoms with Gasteiger partial charge in [0.05, 0.1) is 24.6 Å². The molecular weight excluding hydrogens is 706 g/mol. The lowest BCUT2D eigenvalue weighted by molar-refractivity contribution is 0.102. The zero-order valence-corrected chi connectivity index (χ0v) is 30.7. The molecule has 12 nitrogen and oxygen atoms in total. The number of likely N-dealkylation sites (tertiary alicyclic amines) is 1. The lowest BCUT2D eigenvalue weighted by atomic mass is 10.0. The Morgan fingerprint density at radius 2 is 1.82 bits per heavy atom. The van der Waals surface area contributed by atoms with Crippen molar-refractivity contribution in [2.45, 2.75) is 69.8 Å². The van der Waals surface area contributed by atoms with Crippen molar-refractivity contribution in [3.8, 4) is 11.1 Å². The van der Waals surface area contributed by atoms with Crippen molar-refractivity contribution >= 4 is 47.1 Å². The number of nitrogens with one attached hydrogen (secondary N) is 2. The molecule has 1 amide bonds. The number of carboxylic acid groups (broad SMARTS) is 1. The first-order valence-electron chi connectivity index (χ1n) is 16.3. The van der Waals surface area contributed by atoms with Crippen molar-refractivity contribution in [1.82, 2.24) is 19.4 Å². The highest BCUT2D eigenvalue weighted by atomic mass is 32.2. The highest BCUT2D eigenvalue weighted by Crippen LogP contribution is 2.36. The van der Waals surface area contributed by atoms with E-state index in [0.717, 1.165) is 17.0 Å². The van der Waals surface area contributed by atoms with Crippen LogP contribution in [-0.4, -0.2) is 79.3 Å². The molecule has 2 atom stereocenters. The molecule has 3 heterocycles. The molecule has 0 saturated carbocycles. The smallest absolute Gasteiger partial charge is 0.407 e. The second-order valence-corrected chi connectivity index (χ2v) is 20.6. The molecule has 1 fully saturated rings. The number of halogens is 3. The van der Waals surface area contributed by atoms with E-state index in [2.05, 4.69) is 53.9 Å². The number of pyridine rings is 1. The van der Waals surface area contributed by atoms with Crippen LogP contribution in [0.2, 0.25) is 18.1 Å². The number of anilines is 2. The molecule has 4 aromatic rings. The lowest BCUT2D eigenvalue weighted by Crippen LogP contribution is -2.49. The first kappa shape index (κ1) is 37.8. The van der Waals surface area contributed by atoms with Gasteiger partial charge >= 0.3 is 6.09 Å². The average Bonchev–Trinajstić information content (AvgIpc) is 3.03. The maximum atomic E-state index is 15.4. The van der Waals surface area contributed by atoms with Gasteiger partial charge in [0.2, 0.25) is 16.0 Å². The van der Waals surface area contributed by atoms with Gasteiger partial charge in [-0.1, -0.05) is 45.0 Å². The van der Waals surface area contributed by atoms with E-state index >= 15 is 4.39 Å². The van der Waals surface area contributed by atoms with Crippen molar-refractivity contribution in [3.63, 3.8) is 0 Å². The van der Waals surface area contributed by atoms with E-state index in [1.807, 2.05) is 0 Å². The van der Waals surface area contributed by atoms with Gasteiger partial charge in [-0.05, 0) is 48.0 Å². The van der Waals surface area contributed by atoms with Gasteiger partial charge in [-0.3, -0.25) is 14.1 Å². The van der Waals surface area contributed by atoms with Gasteiger partial charge in [0, 0.05) is 48.3 Å². The first-order chi connectivity index (χ1) is 23.8. The molecule has 1 aliphatic rings. The number of amides is 1. The molecule has 17 heteroatoms. The average molecular weight is 747 g/mol. The summed E-state index contributed by atoms with van der Waals surface area (Å²) in [5.74, 6) is -2.31. The van der Waals surface area contributed by atoms with Crippen molar-refractivity contribution in [2.24, 2.45) is 0 Å². The quantitative estimate of drug-likeness (QED) is 0.152. The Bertz CT molecular complexity index is 2110. The van der Waals surface area contributed by atoms with E-state index in [1.54, 1.807) is 0 Å². The Morgan fingerprint density at radius 3 is 2.49 bits per heavy atom. The molecule has 51 heavy (non-hydrogen) atoms. The molecule has 0 unspecified atom stereocenters. The van der Waals surface area contributed by atoms with E-state index in [1.165, 1.54) is 47.2 Å². The third-order valence-corrected chi connectivity index (χ3v) is 15.0. The summed E-state index contributed by atoms with van der Waals surface area (Å²) < 4.78 is 79.3.